The zero-order chi connectivity index (χ0) is 17.2. The van der Waals surface area contributed by atoms with E-state index in [0.29, 0.717) is 35.4 Å². The summed E-state index contributed by atoms with van der Waals surface area (Å²) < 4.78 is 37.5. The highest BCUT2D eigenvalue weighted by atomic mass is 32.2. The van der Waals surface area contributed by atoms with Crippen LogP contribution in [0.4, 0.5) is 10.1 Å². The second-order valence-electron chi connectivity index (χ2n) is 5.88. The smallest absolute Gasteiger partial charge is 0.224 e. The maximum Gasteiger partial charge on any atom is 0.224 e. The molecule has 0 saturated carbocycles. The maximum absolute atomic E-state index is 13.5. The third kappa shape index (κ3) is 3.64. The first-order chi connectivity index (χ1) is 11.5. The first-order valence-corrected chi connectivity index (χ1v) is 9.50. The standard InChI is InChI=1S/C18H18FNO3S/c19-16-6-2-1-4-13(16)7-10-18(21)20-15-8-9-17-14(12-15)5-3-11-24(17,22)23/h1-2,4,6,8-9,12H,3,5,7,10-11H2,(H,20,21). The summed E-state index contributed by atoms with van der Waals surface area (Å²) in [7, 11) is -3.19. The van der Waals surface area contributed by atoms with Crippen molar-refractivity contribution in [2.75, 3.05) is 11.1 Å². The van der Waals surface area contributed by atoms with Crippen LogP contribution in [0, 0.1) is 5.82 Å². The van der Waals surface area contributed by atoms with Crippen LogP contribution >= 0.6 is 0 Å². The van der Waals surface area contributed by atoms with Crippen LogP contribution in [0.5, 0.6) is 0 Å². The average Bonchev–Trinajstić information content (AvgIpc) is 2.53. The number of nitrogens with one attached hydrogen (secondary N) is 1. The summed E-state index contributed by atoms with van der Waals surface area (Å²) in [4.78, 5) is 12.4. The molecule has 4 nitrogen and oxygen atoms in total. The molecular weight excluding hydrogens is 329 g/mol. The quantitative estimate of drug-likeness (QED) is 0.924. The van der Waals surface area contributed by atoms with Gasteiger partial charge in [-0.25, -0.2) is 12.8 Å². The molecular formula is C18H18FNO3S. The number of rotatable bonds is 4. The fourth-order valence-electron chi connectivity index (χ4n) is 2.89. The number of fused-ring (bicyclic) bond motifs is 1. The van der Waals surface area contributed by atoms with Crippen LogP contribution in [0.1, 0.15) is 24.0 Å². The van der Waals surface area contributed by atoms with Crippen molar-refractivity contribution in [2.45, 2.75) is 30.6 Å². The van der Waals surface area contributed by atoms with Gasteiger partial charge in [-0.3, -0.25) is 4.79 Å². The Bertz CT molecular complexity index is 878. The molecule has 0 radical (unpaired) electrons. The zero-order valence-electron chi connectivity index (χ0n) is 13.1. The molecule has 3 rings (SSSR count). The number of carbonyl (C=O) groups excluding carboxylic acids is 1. The van der Waals surface area contributed by atoms with Gasteiger partial charge in [0.05, 0.1) is 10.6 Å². The predicted octanol–water partition coefficient (Wildman–Crippen LogP) is 3.12. The van der Waals surface area contributed by atoms with E-state index in [2.05, 4.69) is 5.32 Å². The van der Waals surface area contributed by atoms with Crippen LogP contribution in [0.15, 0.2) is 47.4 Å². The van der Waals surface area contributed by atoms with E-state index >= 15 is 0 Å². The molecule has 0 fully saturated rings. The van der Waals surface area contributed by atoms with Crippen molar-refractivity contribution in [3.05, 3.63) is 59.4 Å². The summed E-state index contributed by atoms with van der Waals surface area (Å²) in [5.74, 6) is -0.366. The average molecular weight is 347 g/mol. The van der Waals surface area contributed by atoms with Gasteiger partial charge < -0.3 is 5.32 Å². The van der Waals surface area contributed by atoms with Gasteiger partial charge >= 0.3 is 0 Å². The van der Waals surface area contributed by atoms with Crippen molar-refractivity contribution in [3.63, 3.8) is 0 Å². The molecule has 1 N–H and O–H groups in total. The van der Waals surface area contributed by atoms with Crippen LogP contribution in [-0.4, -0.2) is 20.1 Å². The van der Waals surface area contributed by atoms with Crippen molar-refractivity contribution in [3.8, 4) is 0 Å². The molecule has 126 valence electrons. The highest BCUT2D eigenvalue weighted by Gasteiger charge is 2.23. The fourth-order valence-corrected chi connectivity index (χ4v) is 4.47. The molecule has 1 heterocycles. The van der Waals surface area contributed by atoms with E-state index in [9.17, 15) is 17.6 Å². The minimum Gasteiger partial charge on any atom is -0.326 e. The minimum atomic E-state index is -3.19. The molecule has 1 aliphatic heterocycles. The van der Waals surface area contributed by atoms with Crippen LogP contribution in [0.25, 0.3) is 0 Å². The number of aryl methyl sites for hydroxylation is 2. The molecule has 6 heteroatoms. The Morgan fingerprint density at radius 2 is 1.96 bits per heavy atom. The van der Waals surface area contributed by atoms with E-state index < -0.39 is 9.84 Å². The molecule has 0 bridgehead atoms. The fraction of sp³-hybridized carbons (Fsp3) is 0.278. The highest BCUT2D eigenvalue weighted by Crippen LogP contribution is 2.27. The van der Waals surface area contributed by atoms with Crippen molar-refractivity contribution in [1.29, 1.82) is 0 Å². The third-order valence-corrected chi connectivity index (χ3v) is 6.01. The lowest BCUT2D eigenvalue weighted by Gasteiger charge is -2.17. The van der Waals surface area contributed by atoms with Crippen LogP contribution in [0.2, 0.25) is 0 Å². The summed E-state index contributed by atoms with van der Waals surface area (Å²) in [5.41, 5.74) is 1.82. The van der Waals surface area contributed by atoms with Gasteiger partial charge in [-0.2, -0.15) is 0 Å². The molecule has 2 aromatic carbocycles. The lowest BCUT2D eigenvalue weighted by Crippen LogP contribution is -2.17. The van der Waals surface area contributed by atoms with Crippen LogP contribution < -0.4 is 5.32 Å². The summed E-state index contributed by atoms with van der Waals surface area (Å²) in [6.07, 6.45) is 1.77. The topological polar surface area (TPSA) is 63.2 Å². The van der Waals surface area contributed by atoms with Gasteiger partial charge in [0.25, 0.3) is 0 Å². The van der Waals surface area contributed by atoms with E-state index in [1.54, 1.807) is 36.4 Å². The Morgan fingerprint density at radius 3 is 2.75 bits per heavy atom. The SMILES string of the molecule is O=C(CCc1ccccc1F)Nc1ccc2c(c1)CCCS2(=O)=O. The molecule has 1 aliphatic rings. The minimum absolute atomic E-state index is 0.163. The Labute approximate surface area is 140 Å². The van der Waals surface area contributed by atoms with Gasteiger partial charge in [0.15, 0.2) is 9.84 Å². The highest BCUT2D eigenvalue weighted by molar-refractivity contribution is 7.91. The van der Waals surface area contributed by atoms with Gasteiger partial charge in [-0.05, 0) is 54.7 Å². The van der Waals surface area contributed by atoms with Crippen LogP contribution in [0.3, 0.4) is 0 Å². The van der Waals surface area contributed by atoms with E-state index in [4.69, 9.17) is 0 Å². The van der Waals surface area contributed by atoms with Crippen molar-refractivity contribution >= 4 is 21.4 Å². The molecule has 0 aliphatic carbocycles. The molecule has 24 heavy (non-hydrogen) atoms. The molecule has 0 atom stereocenters. The van der Waals surface area contributed by atoms with Crippen molar-refractivity contribution < 1.29 is 17.6 Å². The summed E-state index contributed by atoms with van der Waals surface area (Å²) in [6, 6.07) is 11.2. The molecule has 0 spiro atoms. The summed E-state index contributed by atoms with van der Waals surface area (Å²) in [5, 5.41) is 2.75. The molecule has 0 unspecified atom stereocenters. The van der Waals surface area contributed by atoms with Gasteiger partial charge in [0.1, 0.15) is 5.82 Å². The van der Waals surface area contributed by atoms with Crippen LogP contribution in [-0.2, 0) is 27.5 Å². The van der Waals surface area contributed by atoms with Gasteiger partial charge in [-0.15, -0.1) is 0 Å². The summed E-state index contributed by atoms with van der Waals surface area (Å²) >= 11 is 0. The Hall–Kier alpha value is -2.21. The molecule has 0 aromatic heterocycles. The van der Waals surface area contributed by atoms with Gasteiger partial charge in [0, 0.05) is 12.1 Å². The monoisotopic (exact) mass is 347 g/mol. The Kier molecular flexibility index (Phi) is 4.66. The Morgan fingerprint density at radius 1 is 1.17 bits per heavy atom. The second-order valence-corrected chi connectivity index (χ2v) is 7.96. The van der Waals surface area contributed by atoms with E-state index in [-0.39, 0.29) is 23.9 Å². The first-order valence-electron chi connectivity index (χ1n) is 7.85. The van der Waals surface area contributed by atoms with E-state index in [1.165, 1.54) is 6.07 Å². The molecule has 1 amide bonds. The molecule has 2 aromatic rings. The Balaban J connectivity index is 1.66. The number of carbonyl (C=O) groups is 1. The maximum atomic E-state index is 13.5. The van der Waals surface area contributed by atoms with Crippen molar-refractivity contribution in [1.82, 2.24) is 0 Å². The number of benzene rings is 2. The number of amides is 1. The lowest BCUT2D eigenvalue weighted by molar-refractivity contribution is -0.116. The first kappa shape index (κ1) is 16.6. The number of halogens is 1. The predicted molar refractivity (Wildman–Crippen MR) is 90.2 cm³/mol. The number of hydrogen-bond donors (Lipinski definition) is 1. The van der Waals surface area contributed by atoms with E-state index in [0.717, 1.165) is 5.56 Å². The largest absolute Gasteiger partial charge is 0.326 e. The number of anilines is 1. The zero-order valence-corrected chi connectivity index (χ0v) is 13.9. The number of sulfone groups is 1. The lowest BCUT2D eigenvalue weighted by atomic mass is 10.1. The van der Waals surface area contributed by atoms with Gasteiger partial charge in [0.2, 0.25) is 5.91 Å². The number of hydrogen-bond acceptors (Lipinski definition) is 3. The van der Waals surface area contributed by atoms with E-state index in [1.807, 2.05) is 0 Å². The van der Waals surface area contributed by atoms with Crippen molar-refractivity contribution in [2.24, 2.45) is 0 Å². The summed E-state index contributed by atoms with van der Waals surface area (Å²) in [6.45, 7) is 0. The molecule has 0 saturated heterocycles. The normalized spacial score (nSPS) is 15.5. The third-order valence-electron chi connectivity index (χ3n) is 4.12. The van der Waals surface area contributed by atoms with Gasteiger partial charge in [-0.1, -0.05) is 18.2 Å². The second kappa shape index (κ2) is 6.73.